The van der Waals surface area contributed by atoms with Gasteiger partial charge >= 0.3 is 5.91 Å². The zero-order chi connectivity index (χ0) is 24.0. The van der Waals surface area contributed by atoms with E-state index in [-0.39, 0.29) is 11.3 Å². The van der Waals surface area contributed by atoms with Gasteiger partial charge in [-0.1, -0.05) is 29.5 Å². The summed E-state index contributed by atoms with van der Waals surface area (Å²) in [5, 5.41) is 11.6. The van der Waals surface area contributed by atoms with E-state index in [1.165, 1.54) is 28.6 Å². The molecular weight excluding hydrogens is 448 g/mol. The van der Waals surface area contributed by atoms with Crippen LogP contribution < -0.4 is 9.80 Å². The molecule has 1 aliphatic rings. The van der Waals surface area contributed by atoms with Gasteiger partial charge in [-0.15, -0.1) is 0 Å². The zero-order valence-electron chi connectivity index (χ0n) is 18.9. The number of aliphatic hydroxyl groups excluding tert-OH is 1. The summed E-state index contributed by atoms with van der Waals surface area (Å²) in [6, 6.07) is 15.8. The van der Waals surface area contributed by atoms with Crippen molar-refractivity contribution in [1.82, 2.24) is 9.97 Å². The van der Waals surface area contributed by atoms with Gasteiger partial charge in [-0.05, 0) is 54.4 Å². The highest BCUT2D eigenvalue weighted by molar-refractivity contribution is 7.22. The maximum absolute atomic E-state index is 13.3. The summed E-state index contributed by atoms with van der Waals surface area (Å²) in [5.41, 5.74) is 3.97. The predicted octanol–water partition coefficient (Wildman–Crippen LogP) is 4.69. The second-order valence-electron chi connectivity index (χ2n) is 8.36. The number of aliphatic hydroxyl groups is 1. The summed E-state index contributed by atoms with van der Waals surface area (Å²) in [7, 11) is 3.88. The average Bonchev–Trinajstić information content (AvgIpc) is 3.37. The van der Waals surface area contributed by atoms with Gasteiger partial charge in [0, 0.05) is 37.7 Å². The largest absolute Gasteiger partial charge is 0.507 e. The van der Waals surface area contributed by atoms with Crippen molar-refractivity contribution in [2.24, 2.45) is 0 Å². The van der Waals surface area contributed by atoms with Crippen LogP contribution in [-0.2, 0) is 9.59 Å². The maximum Gasteiger partial charge on any atom is 0.301 e. The molecule has 8 heteroatoms. The lowest BCUT2D eigenvalue weighted by atomic mass is 9.95. The van der Waals surface area contributed by atoms with Gasteiger partial charge in [-0.2, -0.15) is 0 Å². The summed E-state index contributed by atoms with van der Waals surface area (Å²) in [4.78, 5) is 38.6. The molecule has 2 aromatic heterocycles. The highest BCUT2D eigenvalue weighted by Crippen LogP contribution is 2.44. The first-order chi connectivity index (χ1) is 16.3. The van der Waals surface area contributed by atoms with E-state index in [0.29, 0.717) is 16.3 Å². The van der Waals surface area contributed by atoms with Crippen LogP contribution in [0.4, 0.5) is 10.8 Å². The maximum atomic E-state index is 13.3. The molecule has 0 aliphatic carbocycles. The first kappa shape index (κ1) is 21.8. The Kier molecular flexibility index (Phi) is 5.37. The molecule has 1 atom stereocenters. The van der Waals surface area contributed by atoms with Crippen LogP contribution in [0.25, 0.3) is 16.0 Å². The first-order valence-corrected chi connectivity index (χ1v) is 11.5. The van der Waals surface area contributed by atoms with Crippen LogP contribution in [0.3, 0.4) is 0 Å². The SMILES string of the molecule is Cc1ccc2nc(N3C(=O)C(=O)/C(=C(/O)c4ccncc4)C3c3ccc(N(C)C)cc3)sc2c1. The fourth-order valence-electron chi connectivity index (χ4n) is 4.09. The van der Waals surface area contributed by atoms with Crippen LogP contribution >= 0.6 is 11.3 Å². The fourth-order valence-corrected chi connectivity index (χ4v) is 5.18. The van der Waals surface area contributed by atoms with Crippen molar-refractivity contribution in [3.05, 3.63) is 89.3 Å². The molecule has 34 heavy (non-hydrogen) atoms. The molecule has 0 spiro atoms. The van der Waals surface area contributed by atoms with E-state index in [1.54, 1.807) is 12.1 Å². The molecule has 0 radical (unpaired) electrons. The minimum Gasteiger partial charge on any atom is -0.507 e. The van der Waals surface area contributed by atoms with E-state index in [0.717, 1.165) is 21.5 Å². The van der Waals surface area contributed by atoms with Crippen molar-refractivity contribution in [2.45, 2.75) is 13.0 Å². The number of fused-ring (bicyclic) bond motifs is 1. The first-order valence-electron chi connectivity index (χ1n) is 10.7. The Balaban J connectivity index is 1.72. The molecule has 0 bridgehead atoms. The smallest absolute Gasteiger partial charge is 0.301 e. The lowest BCUT2D eigenvalue weighted by Gasteiger charge is -2.23. The molecule has 4 aromatic rings. The molecule has 1 unspecified atom stereocenters. The van der Waals surface area contributed by atoms with Gasteiger partial charge in [0.25, 0.3) is 5.78 Å². The lowest BCUT2D eigenvalue weighted by molar-refractivity contribution is -0.132. The average molecular weight is 471 g/mol. The molecule has 1 saturated heterocycles. The number of aromatic nitrogens is 2. The number of carbonyl (C=O) groups excluding carboxylic acids is 2. The number of ketones is 1. The second kappa shape index (κ2) is 8.39. The van der Waals surface area contributed by atoms with E-state index in [4.69, 9.17) is 0 Å². The Morgan fingerprint density at radius 3 is 2.41 bits per heavy atom. The number of anilines is 2. The van der Waals surface area contributed by atoms with Crippen molar-refractivity contribution >= 4 is 49.8 Å². The molecule has 2 aromatic carbocycles. The number of amides is 1. The summed E-state index contributed by atoms with van der Waals surface area (Å²) >= 11 is 1.35. The van der Waals surface area contributed by atoms with Crippen LogP contribution in [0.15, 0.2) is 72.6 Å². The lowest BCUT2D eigenvalue weighted by Crippen LogP contribution is -2.29. The summed E-state index contributed by atoms with van der Waals surface area (Å²) in [5.74, 6) is -1.69. The molecule has 0 saturated carbocycles. The summed E-state index contributed by atoms with van der Waals surface area (Å²) < 4.78 is 0.924. The zero-order valence-corrected chi connectivity index (χ0v) is 19.7. The van der Waals surface area contributed by atoms with Gasteiger partial charge < -0.3 is 10.0 Å². The number of aryl methyl sites for hydroxylation is 1. The number of pyridine rings is 1. The third-order valence-electron chi connectivity index (χ3n) is 5.86. The van der Waals surface area contributed by atoms with Crippen LogP contribution in [0.5, 0.6) is 0 Å². The van der Waals surface area contributed by atoms with E-state index < -0.39 is 17.7 Å². The van der Waals surface area contributed by atoms with Crippen molar-refractivity contribution < 1.29 is 14.7 Å². The topological polar surface area (TPSA) is 86.6 Å². The number of Topliss-reactive ketones (excluding diaryl/α,β-unsaturated/α-hetero) is 1. The number of hydrogen-bond acceptors (Lipinski definition) is 7. The Hall–Kier alpha value is -4.04. The minimum absolute atomic E-state index is 0.0317. The Morgan fingerprint density at radius 2 is 1.74 bits per heavy atom. The second-order valence-corrected chi connectivity index (χ2v) is 9.37. The molecule has 1 amide bonds. The summed E-state index contributed by atoms with van der Waals surface area (Å²) in [6.45, 7) is 1.99. The van der Waals surface area contributed by atoms with E-state index >= 15 is 0 Å². The third kappa shape index (κ3) is 3.62. The van der Waals surface area contributed by atoms with Gasteiger partial charge in [0.15, 0.2) is 5.13 Å². The molecule has 7 nitrogen and oxygen atoms in total. The van der Waals surface area contributed by atoms with E-state index in [2.05, 4.69) is 9.97 Å². The van der Waals surface area contributed by atoms with Gasteiger partial charge in [-0.3, -0.25) is 19.5 Å². The number of rotatable bonds is 4. The Morgan fingerprint density at radius 1 is 1.03 bits per heavy atom. The van der Waals surface area contributed by atoms with Gasteiger partial charge in [0.1, 0.15) is 5.76 Å². The number of hydrogen-bond donors (Lipinski definition) is 1. The molecule has 5 rings (SSSR count). The fraction of sp³-hybridized carbons (Fsp3) is 0.154. The molecule has 1 aliphatic heterocycles. The number of benzene rings is 2. The standard InChI is InChI=1S/C26H22N4O3S/c1-15-4-9-19-20(14-15)34-26(28-19)30-22(16-5-7-18(8-6-16)29(2)3)21(24(32)25(30)33)23(31)17-10-12-27-13-11-17/h4-14,22,31H,1-3H3/b23-21+. The quantitative estimate of drug-likeness (QED) is 0.265. The van der Waals surface area contributed by atoms with Crippen molar-refractivity contribution in [3.8, 4) is 0 Å². The Labute approximate surface area is 200 Å². The van der Waals surface area contributed by atoms with Gasteiger partial charge in [0.2, 0.25) is 0 Å². The van der Waals surface area contributed by atoms with Crippen molar-refractivity contribution in [2.75, 3.05) is 23.9 Å². The van der Waals surface area contributed by atoms with Crippen molar-refractivity contribution in [3.63, 3.8) is 0 Å². The molecule has 170 valence electrons. The molecule has 1 fully saturated rings. The van der Waals surface area contributed by atoms with Gasteiger partial charge in [-0.25, -0.2) is 4.98 Å². The highest BCUT2D eigenvalue weighted by Gasteiger charge is 2.48. The number of nitrogens with zero attached hydrogens (tertiary/aromatic N) is 4. The van der Waals surface area contributed by atoms with Crippen LogP contribution in [0, 0.1) is 6.92 Å². The van der Waals surface area contributed by atoms with E-state index in [1.807, 2.05) is 68.4 Å². The van der Waals surface area contributed by atoms with Crippen LogP contribution in [0.2, 0.25) is 0 Å². The number of thiazole rings is 1. The Bertz CT molecular complexity index is 1440. The van der Waals surface area contributed by atoms with Crippen LogP contribution in [0.1, 0.15) is 22.7 Å². The monoisotopic (exact) mass is 470 g/mol. The van der Waals surface area contributed by atoms with Gasteiger partial charge in [0.05, 0.1) is 21.8 Å². The minimum atomic E-state index is -0.814. The molecule has 1 N–H and O–H groups in total. The highest BCUT2D eigenvalue weighted by atomic mass is 32.1. The third-order valence-corrected chi connectivity index (χ3v) is 6.88. The molecular formula is C26H22N4O3S. The summed E-state index contributed by atoms with van der Waals surface area (Å²) in [6.07, 6.45) is 3.06. The normalized spacial score (nSPS) is 17.5. The van der Waals surface area contributed by atoms with Crippen LogP contribution in [-0.4, -0.2) is 40.9 Å². The predicted molar refractivity (Wildman–Crippen MR) is 134 cm³/mol. The van der Waals surface area contributed by atoms with E-state index in [9.17, 15) is 14.7 Å². The molecule has 3 heterocycles. The number of carbonyl (C=O) groups is 2. The van der Waals surface area contributed by atoms with Crippen molar-refractivity contribution in [1.29, 1.82) is 0 Å².